The monoisotopic (exact) mass is 531 g/mol. The summed E-state index contributed by atoms with van der Waals surface area (Å²) in [6.45, 7) is 0.526. The molecule has 0 saturated carbocycles. The smallest absolute Gasteiger partial charge is 0.354 e. The third kappa shape index (κ3) is 6.06. The van der Waals surface area contributed by atoms with Crippen molar-refractivity contribution in [1.29, 1.82) is 0 Å². The zero-order chi connectivity index (χ0) is 27.4. The van der Waals surface area contributed by atoms with Gasteiger partial charge in [-0.05, 0) is 34.4 Å². The van der Waals surface area contributed by atoms with Crippen LogP contribution in [0.2, 0.25) is 0 Å². The van der Waals surface area contributed by atoms with Crippen LogP contribution in [-0.2, 0) is 30.5 Å². The number of nitrogens with one attached hydrogen (secondary N) is 1. The van der Waals surface area contributed by atoms with Crippen molar-refractivity contribution in [3.63, 3.8) is 0 Å². The predicted octanol–water partition coefficient (Wildman–Crippen LogP) is 4.69. The van der Waals surface area contributed by atoms with E-state index in [1.165, 1.54) is 33.9 Å². The van der Waals surface area contributed by atoms with Crippen molar-refractivity contribution >= 4 is 16.9 Å². The second kappa shape index (κ2) is 10.9. The quantitative estimate of drug-likeness (QED) is 0.315. The number of nitrogens with zero attached hydrogens (tertiary/aromatic N) is 4. The highest BCUT2D eigenvalue weighted by atomic mass is 19.4. The Kier molecular flexibility index (Phi) is 7.27. The first-order valence-electron chi connectivity index (χ1n) is 12.3. The first-order valence-corrected chi connectivity index (χ1v) is 12.3. The van der Waals surface area contributed by atoms with Crippen molar-refractivity contribution in [3.05, 3.63) is 118 Å². The molecule has 0 saturated heterocycles. The summed E-state index contributed by atoms with van der Waals surface area (Å²) < 4.78 is 41.8. The molecule has 1 N–H and O–H groups in total. The number of carbonyl (C=O) groups is 1. The van der Waals surface area contributed by atoms with Crippen LogP contribution >= 0.6 is 0 Å². The molecule has 0 aliphatic rings. The van der Waals surface area contributed by atoms with Crippen molar-refractivity contribution < 1.29 is 18.0 Å². The first kappa shape index (κ1) is 25.9. The minimum atomic E-state index is -4.47. The van der Waals surface area contributed by atoms with E-state index in [9.17, 15) is 22.8 Å². The molecule has 198 valence electrons. The van der Waals surface area contributed by atoms with Crippen LogP contribution in [0.4, 0.5) is 13.2 Å². The van der Waals surface area contributed by atoms with Crippen molar-refractivity contribution in [2.45, 2.75) is 25.7 Å². The highest BCUT2D eigenvalue weighted by Gasteiger charge is 2.30. The average molecular weight is 532 g/mol. The standard InChI is InChI=1S/C29H24F3N5O2/c30-29(31,32)24-8-4-5-21(15-24)18-36-19-34-27-25(28(36)39)17-35-37(27)14-13-33-26(38)16-20-9-11-23(12-10-20)22-6-2-1-3-7-22/h1-12,15,17,19H,13-14,16,18H2,(H,33,38). The molecule has 0 spiro atoms. The van der Waals surface area contributed by atoms with Crippen molar-refractivity contribution in [3.8, 4) is 11.1 Å². The summed E-state index contributed by atoms with van der Waals surface area (Å²) in [4.78, 5) is 29.6. The van der Waals surface area contributed by atoms with Crippen LogP contribution in [0.3, 0.4) is 0 Å². The summed E-state index contributed by atoms with van der Waals surface area (Å²) in [5.74, 6) is -0.143. The van der Waals surface area contributed by atoms with Gasteiger partial charge in [0.15, 0.2) is 5.65 Å². The second-order valence-electron chi connectivity index (χ2n) is 9.07. The van der Waals surface area contributed by atoms with Gasteiger partial charge in [-0.2, -0.15) is 18.3 Å². The molecule has 1 amide bonds. The lowest BCUT2D eigenvalue weighted by Gasteiger charge is -2.10. The number of hydrogen-bond acceptors (Lipinski definition) is 4. The highest BCUT2D eigenvalue weighted by Crippen LogP contribution is 2.29. The van der Waals surface area contributed by atoms with Gasteiger partial charge < -0.3 is 5.32 Å². The number of halogens is 3. The number of rotatable bonds is 8. The number of fused-ring (bicyclic) bond motifs is 1. The number of amides is 1. The number of hydrogen-bond donors (Lipinski definition) is 1. The molecule has 3 aromatic carbocycles. The molecule has 2 aromatic heterocycles. The second-order valence-corrected chi connectivity index (χ2v) is 9.07. The summed E-state index contributed by atoms with van der Waals surface area (Å²) in [6, 6.07) is 22.6. The van der Waals surface area contributed by atoms with E-state index >= 15 is 0 Å². The fourth-order valence-corrected chi connectivity index (χ4v) is 4.31. The molecule has 0 atom stereocenters. The predicted molar refractivity (Wildman–Crippen MR) is 141 cm³/mol. The van der Waals surface area contributed by atoms with Crippen LogP contribution in [0.25, 0.3) is 22.2 Å². The van der Waals surface area contributed by atoms with Gasteiger partial charge in [0.1, 0.15) is 11.7 Å². The lowest BCUT2D eigenvalue weighted by Crippen LogP contribution is -2.29. The Morgan fingerprint density at radius 3 is 2.38 bits per heavy atom. The van der Waals surface area contributed by atoms with Crippen LogP contribution < -0.4 is 10.9 Å². The molecule has 0 aliphatic heterocycles. The van der Waals surface area contributed by atoms with Crippen molar-refractivity contribution in [1.82, 2.24) is 24.6 Å². The fourth-order valence-electron chi connectivity index (χ4n) is 4.31. The van der Waals surface area contributed by atoms with Gasteiger partial charge in [-0.3, -0.25) is 14.2 Å². The van der Waals surface area contributed by atoms with Crippen LogP contribution in [0.15, 0.2) is 96.2 Å². The molecule has 39 heavy (non-hydrogen) atoms. The molecule has 10 heteroatoms. The normalized spacial score (nSPS) is 11.6. The number of aromatic nitrogens is 4. The molecule has 2 heterocycles. The van der Waals surface area contributed by atoms with E-state index in [0.29, 0.717) is 17.8 Å². The van der Waals surface area contributed by atoms with Gasteiger partial charge in [-0.25, -0.2) is 9.67 Å². The van der Waals surface area contributed by atoms with Gasteiger partial charge in [0.2, 0.25) is 5.91 Å². The molecular formula is C29H24F3N5O2. The minimum Gasteiger partial charge on any atom is -0.354 e. The Bertz CT molecular complexity index is 1660. The maximum atomic E-state index is 13.0. The average Bonchev–Trinajstić information content (AvgIpc) is 3.34. The largest absolute Gasteiger partial charge is 0.416 e. The van der Waals surface area contributed by atoms with E-state index in [4.69, 9.17) is 0 Å². The Balaban J connectivity index is 1.19. The Labute approximate surface area is 221 Å². The highest BCUT2D eigenvalue weighted by molar-refractivity contribution is 5.79. The van der Waals surface area contributed by atoms with Crippen LogP contribution in [0, 0.1) is 0 Å². The summed E-state index contributed by atoms with van der Waals surface area (Å²) in [7, 11) is 0. The maximum absolute atomic E-state index is 13.0. The molecule has 0 unspecified atom stereocenters. The van der Waals surface area contributed by atoms with E-state index in [1.54, 1.807) is 0 Å². The lowest BCUT2D eigenvalue weighted by molar-refractivity contribution is -0.137. The number of alkyl halides is 3. The molecule has 7 nitrogen and oxygen atoms in total. The molecule has 5 rings (SSSR count). The lowest BCUT2D eigenvalue weighted by atomic mass is 10.0. The van der Waals surface area contributed by atoms with Crippen molar-refractivity contribution in [2.24, 2.45) is 0 Å². The third-order valence-corrected chi connectivity index (χ3v) is 6.30. The zero-order valence-corrected chi connectivity index (χ0v) is 20.7. The SMILES string of the molecule is O=C(Cc1ccc(-c2ccccc2)cc1)NCCn1ncc2c(=O)n(Cc3cccc(C(F)(F)F)c3)cnc21. The summed E-state index contributed by atoms with van der Waals surface area (Å²) >= 11 is 0. The summed E-state index contributed by atoms with van der Waals surface area (Å²) in [6.07, 6.45) is -1.57. The Morgan fingerprint density at radius 1 is 0.897 bits per heavy atom. The molecule has 0 aliphatic carbocycles. The molecule has 0 bridgehead atoms. The topological polar surface area (TPSA) is 81.8 Å². The maximum Gasteiger partial charge on any atom is 0.416 e. The zero-order valence-electron chi connectivity index (χ0n) is 20.7. The molecule has 5 aromatic rings. The Hall–Kier alpha value is -4.73. The van der Waals surface area contributed by atoms with Gasteiger partial charge >= 0.3 is 6.18 Å². The van der Waals surface area contributed by atoms with Gasteiger partial charge in [0.05, 0.1) is 31.3 Å². The van der Waals surface area contributed by atoms with E-state index < -0.39 is 17.3 Å². The van der Waals surface area contributed by atoms with E-state index in [-0.39, 0.29) is 30.8 Å². The van der Waals surface area contributed by atoms with Crippen molar-refractivity contribution in [2.75, 3.05) is 6.54 Å². The van der Waals surface area contributed by atoms with Gasteiger partial charge in [0.25, 0.3) is 5.56 Å². The molecule has 0 radical (unpaired) electrons. The fraction of sp³-hybridized carbons (Fsp3) is 0.172. The van der Waals surface area contributed by atoms with Gasteiger partial charge in [0, 0.05) is 6.54 Å². The van der Waals surface area contributed by atoms with E-state index in [2.05, 4.69) is 15.4 Å². The molecule has 0 fully saturated rings. The Morgan fingerprint density at radius 2 is 1.64 bits per heavy atom. The first-order chi connectivity index (χ1) is 18.8. The van der Waals surface area contributed by atoms with Crippen LogP contribution in [0.5, 0.6) is 0 Å². The van der Waals surface area contributed by atoms with Crippen LogP contribution in [-0.4, -0.2) is 31.8 Å². The van der Waals surface area contributed by atoms with Gasteiger partial charge in [-0.15, -0.1) is 0 Å². The summed E-state index contributed by atoms with van der Waals surface area (Å²) in [5, 5.41) is 7.31. The molecular weight excluding hydrogens is 507 g/mol. The minimum absolute atomic E-state index is 0.0563. The number of benzene rings is 3. The van der Waals surface area contributed by atoms with E-state index in [0.717, 1.165) is 28.8 Å². The third-order valence-electron chi connectivity index (χ3n) is 6.30. The van der Waals surface area contributed by atoms with Crippen LogP contribution in [0.1, 0.15) is 16.7 Å². The van der Waals surface area contributed by atoms with Gasteiger partial charge in [-0.1, -0.05) is 66.7 Å². The number of carbonyl (C=O) groups excluding carboxylic acids is 1. The van der Waals surface area contributed by atoms with E-state index in [1.807, 2.05) is 54.6 Å². The summed E-state index contributed by atoms with van der Waals surface area (Å²) in [5.41, 5.74) is 2.55.